The predicted octanol–water partition coefficient (Wildman–Crippen LogP) is 2.57. The van der Waals surface area contributed by atoms with Crippen LogP contribution in [0.15, 0.2) is 24.3 Å². The van der Waals surface area contributed by atoms with E-state index in [0.29, 0.717) is 5.69 Å². The minimum atomic E-state index is 0.0291. The van der Waals surface area contributed by atoms with Crippen molar-refractivity contribution in [3.8, 4) is 11.3 Å². The SMILES string of the molecule is O=C1c2ccccc2-c2nc3c(nc21)CCCC3. The summed E-state index contributed by atoms with van der Waals surface area (Å²) in [6.07, 6.45) is 4.28. The summed E-state index contributed by atoms with van der Waals surface area (Å²) >= 11 is 0. The lowest BCUT2D eigenvalue weighted by molar-refractivity contribution is 0.103. The lowest BCUT2D eigenvalue weighted by Gasteiger charge is -2.14. The third kappa shape index (κ3) is 1.22. The van der Waals surface area contributed by atoms with E-state index in [4.69, 9.17) is 4.98 Å². The first-order chi connectivity index (χ1) is 8.84. The van der Waals surface area contributed by atoms with Crippen molar-refractivity contribution in [2.24, 2.45) is 0 Å². The van der Waals surface area contributed by atoms with Gasteiger partial charge in [-0.2, -0.15) is 0 Å². The van der Waals surface area contributed by atoms with Crippen LogP contribution in [0, 0.1) is 0 Å². The number of carbonyl (C=O) groups excluding carboxylic acids is 1. The standard InChI is InChI=1S/C15H12N2O/c18-15-10-6-2-1-5-9(10)13-14(15)17-12-8-4-3-7-11(12)16-13/h1-2,5-6H,3-4,7-8H2. The largest absolute Gasteiger partial charge is 0.287 e. The highest BCUT2D eigenvalue weighted by atomic mass is 16.1. The Hall–Kier alpha value is -2.03. The first-order valence-corrected chi connectivity index (χ1v) is 6.38. The number of benzene rings is 1. The van der Waals surface area contributed by atoms with E-state index in [1.807, 2.05) is 24.3 Å². The third-order valence-electron chi connectivity index (χ3n) is 3.77. The summed E-state index contributed by atoms with van der Waals surface area (Å²) in [6.45, 7) is 0. The van der Waals surface area contributed by atoms with E-state index in [1.54, 1.807) is 0 Å². The van der Waals surface area contributed by atoms with Crippen molar-refractivity contribution in [2.45, 2.75) is 25.7 Å². The van der Waals surface area contributed by atoms with Gasteiger partial charge in [-0.1, -0.05) is 24.3 Å². The summed E-state index contributed by atoms with van der Waals surface area (Å²) in [7, 11) is 0. The molecule has 0 amide bonds. The molecule has 0 bridgehead atoms. The Morgan fingerprint density at radius 1 is 0.833 bits per heavy atom. The van der Waals surface area contributed by atoms with Gasteiger partial charge < -0.3 is 0 Å². The highest BCUT2D eigenvalue weighted by Gasteiger charge is 2.31. The second kappa shape index (κ2) is 3.48. The summed E-state index contributed by atoms with van der Waals surface area (Å²) in [4.78, 5) is 21.6. The Kier molecular flexibility index (Phi) is 1.92. The summed E-state index contributed by atoms with van der Waals surface area (Å²) in [5, 5.41) is 0. The molecule has 0 radical (unpaired) electrons. The topological polar surface area (TPSA) is 42.9 Å². The van der Waals surface area contributed by atoms with Gasteiger partial charge in [-0.15, -0.1) is 0 Å². The zero-order valence-corrected chi connectivity index (χ0v) is 9.94. The molecule has 0 aliphatic heterocycles. The van der Waals surface area contributed by atoms with Crippen LogP contribution in [0.25, 0.3) is 11.3 Å². The number of nitrogens with zero attached hydrogens (tertiary/aromatic N) is 2. The Balaban J connectivity index is 2.00. The van der Waals surface area contributed by atoms with E-state index >= 15 is 0 Å². The average molecular weight is 236 g/mol. The van der Waals surface area contributed by atoms with Gasteiger partial charge >= 0.3 is 0 Å². The predicted molar refractivity (Wildman–Crippen MR) is 67.5 cm³/mol. The van der Waals surface area contributed by atoms with Gasteiger partial charge in [0.1, 0.15) is 11.4 Å². The maximum atomic E-state index is 12.3. The lowest BCUT2D eigenvalue weighted by atomic mass is 10.00. The molecule has 2 aliphatic rings. The van der Waals surface area contributed by atoms with Crippen molar-refractivity contribution in [3.05, 3.63) is 46.9 Å². The molecule has 0 spiro atoms. The van der Waals surface area contributed by atoms with Crippen LogP contribution in [0.1, 0.15) is 40.3 Å². The van der Waals surface area contributed by atoms with Gasteiger partial charge in [-0.25, -0.2) is 9.97 Å². The maximum absolute atomic E-state index is 12.3. The molecule has 18 heavy (non-hydrogen) atoms. The van der Waals surface area contributed by atoms with Gasteiger partial charge in [0.05, 0.1) is 11.4 Å². The summed E-state index contributed by atoms with van der Waals surface area (Å²) < 4.78 is 0. The number of fused-ring (bicyclic) bond motifs is 4. The summed E-state index contributed by atoms with van der Waals surface area (Å²) in [5.41, 5.74) is 5.15. The molecule has 1 aromatic carbocycles. The highest BCUT2D eigenvalue weighted by Crippen LogP contribution is 2.35. The van der Waals surface area contributed by atoms with Gasteiger partial charge in [0.2, 0.25) is 5.78 Å². The van der Waals surface area contributed by atoms with Crippen LogP contribution in [0.4, 0.5) is 0 Å². The van der Waals surface area contributed by atoms with E-state index < -0.39 is 0 Å². The number of carbonyl (C=O) groups is 1. The van der Waals surface area contributed by atoms with Crippen LogP contribution in [0.3, 0.4) is 0 Å². The Bertz CT molecular complexity index is 676. The number of aromatic nitrogens is 2. The minimum Gasteiger partial charge on any atom is -0.287 e. The van der Waals surface area contributed by atoms with Crippen LogP contribution in [0.5, 0.6) is 0 Å². The van der Waals surface area contributed by atoms with Crippen LogP contribution in [0.2, 0.25) is 0 Å². The Labute approximate surface area is 105 Å². The summed E-state index contributed by atoms with van der Waals surface area (Å²) in [5.74, 6) is 0.0291. The van der Waals surface area contributed by atoms with Crippen molar-refractivity contribution in [1.82, 2.24) is 9.97 Å². The van der Waals surface area contributed by atoms with Crippen LogP contribution < -0.4 is 0 Å². The molecule has 0 N–H and O–H groups in total. The van der Waals surface area contributed by atoms with E-state index in [1.165, 1.54) is 6.42 Å². The molecule has 2 aromatic rings. The maximum Gasteiger partial charge on any atom is 0.214 e. The Morgan fingerprint density at radius 3 is 2.17 bits per heavy atom. The second-order valence-corrected chi connectivity index (χ2v) is 4.90. The zero-order valence-electron chi connectivity index (χ0n) is 9.94. The Morgan fingerprint density at radius 2 is 1.44 bits per heavy atom. The zero-order chi connectivity index (χ0) is 12.1. The molecule has 2 aliphatic carbocycles. The van der Waals surface area contributed by atoms with Crippen LogP contribution in [-0.4, -0.2) is 15.8 Å². The molecular weight excluding hydrogens is 224 g/mol. The molecule has 0 saturated heterocycles. The van der Waals surface area contributed by atoms with Crippen molar-refractivity contribution < 1.29 is 4.79 Å². The number of ketones is 1. The monoisotopic (exact) mass is 236 g/mol. The van der Waals surface area contributed by atoms with Crippen molar-refractivity contribution in [2.75, 3.05) is 0 Å². The van der Waals surface area contributed by atoms with Gasteiger partial charge in [-0.3, -0.25) is 4.79 Å². The number of hydrogen-bond donors (Lipinski definition) is 0. The van der Waals surface area contributed by atoms with Crippen LogP contribution >= 0.6 is 0 Å². The van der Waals surface area contributed by atoms with Gasteiger partial charge in [0, 0.05) is 11.1 Å². The van der Waals surface area contributed by atoms with Crippen molar-refractivity contribution >= 4 is 5.78 Å². The van der Waals surface area contributed by atoms with E-state index in [2.05, 4.69) is 4.98 Å². The molecular formula is C15H12N2O. The number of hydrogen-bond acceptors (Lipinski definition) is 3. The smallest absolute Gasteiger partial charge is 0.214 e. The number of aryl methyl sites for hydroxylation is 2. The molecule has 3 nitrogen and oxygen atoms in total. The van der Waals surface area contributed by atoms with Crippen molar-refractivity contribution in [1.29, 1.82) is 0 Å². The van der Waals surface area contributed by atoms with Crippen LogP contribution in [-0.2, 0) is 12.8 Å². The highest BCUT2D eigenvalue weighted by molar-refractivity contribution is 6.19. The first-order valence-electron chi connectivity index (χ1n) is 6.38. The molecule has 88 valence electrons. The fourth-order valence-electron chi connectivity index (χ4n) is 2.85. The summed E-state index contributed by atoms with van der Waals surface area (Å²) in [6, 6.07) is 7.66. The third-order valence-corrected chi connectivity index (χ3v) is 3.77. The van der Waals surface area contributed by atoms with Gasteiger partial charge in [0.15, 0.2) is 0 Å². The average Bonchev–Trinajstić information content (AvgIpc) is 2.71. The molecule has 0 unspecified atom stereocenters. The molecule has 0 saturated carbocycles. The molecule has 1 heterocycles. The second-order valence-electron chi connectivity index (χ2n) is 4.90. The quantitative estimate of drug-likeness (QED) is 0.602. The fourth-order valence-corrected chi connectivity index (χ4v) is 2.85. The normalized spacial score (nSPS) is 16.1. The minimum absolute atomic E-state index is 0.0291. The van der Waals surface area contributed by atoms with E-state index in [-0.39, 0.29) is 5.78 Å². The van der Waals surface area contributed by atoms with Crippen molar-refractivity contribution in [3.63, 3.8) is 0 Å². The van der Waals surface area contributed by atoms with E-state index in [9.17, 15) is 4.79 Å². The molecule has 0 atom stereocenters. The molecule has 4 rings (SSSR count). The fraction of sp³-hybridized carbons (Fsp3) is 0.267. The molecule has 1 aromatic heterocycles. The van der Waals surface area contributed by atoms with E-state index in [0.717, 1.165) is 47.5 Å². The molecule has 3 heteroatoms. The lowest BCUT2D eigenvalue weighted by Crippen LogP contribution is -2.11. The van der Waals surface area contributed by atoms with Gasteiger partial charge in [0.25, 0.3) is 0 Å². The van der Waals surface area contributed by atoms with Gasteiger partial charge in [-0.05, 0) is 25.7 Å². The number of rotatable bonds is 0. The first kappa shape index (κ1) is 9.95. The molecule has 0 fully saturated rings.